The van der Waals surface area contributed by atoms with Crippen molar-refractivity contribution in [3.05, 3.63) is 58.4 Å². The third kappa shape index (κ3) is 3.33. The first-order valence-electron chi connectivity index (χ1n) is 8.29. The van der Waals surface area contributed by atoms with E-state index < -0.39 is 11.7 Å². The molecule has 134 valence electrons. The second kappa shape index (κ2) is 7.04. The minimum absolute atomic E-state index is 0.0714. The summed E-state index contributed by atoms with van der Waals surface area (Å²) < 4.78 is 16.3. The van der Waals surface area contributed by atoms with Crippen molar-refractivity contribution in [3.8, 4) is 22.6 Å². The largest absolute Gasteiger partial charge is 0.497 e. The monoisotopic (exact) mass is 352 g/mol. The van der Waals surface area contributed by atoms with Gasteiger partial charge in [0.2, 0.25) is 0 Å². The number of ether oxygens (including phenoxy) is 2. The summed E-state index contributed by atoms with van der Waals surface area (Å²) in [5.74, 6) is 1.19. The van der Waals surface area contributed by atoms with E-state index in [4.69, 9.17) is 13.9 Å². The summed E-state index contributed by atoms with van der Waals surface area (Å²) in [4.78, 5) is 23.6. The number of Topliss-reactive ketones (excluding diaryl/α,β-unsaturated/α-hetero) is 1. The summed E-state index contributed by atoms with van der Waals surface area (Å²) in [5.41, 5.74) is 2.35. The Kier molecular flexibility index (Phi) is 4.80. The van der Waals surface area contributed by atoms with Crippen molar-refractivity contribution in [2.45, 2.75) is 26.9 Å². The predicted molar refractivity (Wildman–Crippen MR) is 100.0 cm³/mol. The van der Waals surface area contributed by atoms with Crippen molar-refractivity contribution in [2.24, 2.45) is 0 Å². The second-order valence-electron chi connectivity index (χ2n) is 6.14. The summed E-state index contributed by atoms with van der Waals surface area (Å²) in [6, 6.07) is 12.6. The molecule has 0 unspecified atom stereocenters. The van der Waals surface area contributed by atoms with Crippen molar-refractivity contribution in [1.82, 2.24) is 0 Å². The molecule has 1 aromatic heterocycles. The highest BCUT2D eigenvalue weighted by Gasteiger charge is 2.16. The Morgan fingerprint density at radius 2 is 1.81 bits per heavy atom. The van der Waals surface area contributed by atoms with Gasteiger partial charge in [0.1, 0.15) is 17.1 Å². The molecule has 0 aliphatic heterocycles. The van der Waals surface area contributed by atoms with Crippen LogP contribution in [0.2, 0.25) is 0 Å². The molecule has 0 saturated heterocycles. The van der Waals surface area contributed by atoms with Crippen molar-refractivity contribution in [3.63, 3.8) is 0 Å². The lowest BCUT2D eigenvalue weighted by Crippen LogP contribution is -2.21. The van der Waals surface area contributed by atoms with E-state index in [0.29, 0.717) is 16.9 Å². The van der Waals surface area contributed by atoms with Gasteiger partial charge in [-0.2, -0.15) is 0 Å². The number of aryl methyl sites for hydroxylation is 1. The van der Waals surface area contributed by atoms with Crippen LogP contribution in [0.4, 0.5) is 0 Å². The van der Waals surface area contributed by atoms with Crippen LogP contribution in [0.25, 0.3) is 22.1 Å². The molecule has 3 aromatic rings. The number of carbonyl (C=O) groups is 1. The average molecular weight is 352 g/mol. The quantitative estimate of drug-likeness (QED) is 0.646. The van der Waals surface area contributed by atoms with Gasteiger partial charge in [0.15, 0.2) is 11.9 Å². The molecule has 5 heteroatoms. The maximum absolute atomic E-state index is 12.1. The van der Waals surface area contributed by atoms with E-state index in [-0.39, 0.29) is 5.78 Å². The number of methoxy groups -OCH3 is 1. The molecule has 0 bridgehead atoms. The third-order valence-corrected chi connectivity index (χ3v) is 4.39. The molecule has 0 fully saturated rings. The van der Waals surface area contributed by atoms with Gasteiger partial charge in [-0.3, -0.25) is 4.79 Å². The van der Waals surface area contributed by atoms with Gasteiger partial charge in [0, 0.05) is 17.0 Å². The Hall–Kier alpha value is -3.08. The van der Waals surface area contributed by atoms with Crippen molar-refractivity contribution < 1.29 is 18.7 Å². The third-order valence-electron chi connectivity index (χ3n) is 4.39. The number of carbonyl (C=O) groups excluding carboxylic acids is 1. The first kappa shape index (κ1) is 17.7. The van der Waals surface area contributed by atoms with Gasteiger partial charge < -0.3 is 13.9 Å². The fraction of sp³-hybridized carbons (Fsp3) is 0.238. The topological polar surface area (TPSA) is 65.7 Å². The Morgan fingerprint density at radius 1 is 1.12 bits per heavy atom. The van der Waals surface area contributed by atoms with Gasteiger partial charge in [-0.1, -0.05) is 12.1 Å². The van der Waals surface area contributed by atoms with E-state index >= 15 is 0 Å². The number of rotatable bonds is 5. The number of benzene rings is 2. The zero-order chi connectivity index (χ0) is 18.8. The predicted octanol–water partition coefficient (Wildman–Crippen LogP) is 4.13. The molecule has 5 nitrogen and oxygen atoms in total. The Balaban J connectivity index is 2.15. The van der Waals surface area contributed by atoms with Crippen LogP contribution in [-0.4, -0.2) is 19.0 Å². The summed E-state index contributed by atoms with van der Waals surface area (Å²) in [7, 11) is 1.61. The summed E-state index contributed by atoms with van der Waals surface area (Å²) >= 11 is 0. The normalized spacial score (nSPS) is 12.0. The SMILES string of the molecule is COc1ccc(-c2cc(=O)oc3c(C)c(O[C@H](C)C(C)=O)ccc23)cc1. The van der Waals surface area contributed by atoms with Crippen LogP contribution in [0.3, 0.4) is 0 Å². The van der Waals surface area contributed by atoms with Crippen LogP contribution in [0.15, 0.2) is 51.7 Å². The molecular formula is C21H20O5. The molecule has 1 heterocycles. The molecule has 0 aliphatic rings. The standard InChI is InChI=1S/C21H20O5/c1-12-19(25-14(3)13(2)22)10-9-17-18(11-20(23)26-21(12)17)15-5-7-16(24-4)8-6-15/h5-11,14H,1-4H3/t14-/m1/s1. The van der Waals surface area contributed by atoms with E-state index in [1.54, 1.807) is 20.1 Å². The molecule has 26 heavy (non-hydrogen) atoms. The van der Waals surface area contributed by atoms with Crippen molar-refractivity contribution in [2.75, 3.05) is 7.11 Å². The zero-order valence-corrected chi connectivity index (χ0v) is 15.2. The minimum Gasteiger partial charge on any atom is -0.497 e. The number of ketones is 1. The molecule has 0 spiro atoms. The summed E-state index contributed by atoms with van der Waals surface area (Å²) in [5, 5.41) is 0.801. The van der Waals surface area contributed by atoms with Gasteiger partial charge in [0.25, 0.3) is 0 Å². The Morgan fingerprint density at radius 3 is 2.42 bits per heavy atom. The molecule has 0 amide bonds. The van der Waals surface area contributed by atoms with E-state index in [0.717, 1.165) is 22.3 Å². The zero-order valence-electron chi connectivity index (χ0n) is 15.2. The van der Waals surface area contributed by atoms with E-state index in [2.05, 4.69) is 0 Å². The fourth-order valence-corrected chi connectivity index (χ4v) is 2.75. The molecule has 2 aromatic carbocycles. The van der Waals surface area contributed by atoms with E-state index in [9.17, 15) is 9.59 Å². The smallest absolute Gasteiger partial charge is 0.336 e. The number of fused-ring (bicyclic) bond motifs is 1. The minimum atomic E-state index is -0.567. The van der Waals surface area contributed by atoms with Crippen LogP contribution in [0, 0.1) is 6.92 Å². The maximum Gasteiger partial charge on any atom is 0.336 e. The molecule has 3 rings (SSSR count). The van der Waals surface area contributed by atoms with Gasteiger partial charge in [-0.25, -0.2) is 4.79 Å². The van der Waals surface area contributed by atoms with Gasteiger partial charge >= 0.3 is 5.63 Å². The Labute approximate surface area is 151 Å². The van der Waals surface area contributed by atoms with Crippen LogP contribution in [0.1, 0.15) is 19.4 Å². The van der Waals surface area contributed by atoms with Crippen LogP contribution in [-0.2, 0) is 4.79 Å². The fourth-order valence-electron chi connectivity index (χ4n) is 2.75. The van der Waals surface area contributed by atoms with Gasteiger partial charge in [-0.05, 0) is 56.2 Å². The Bertz CT molecular complexity index is 1010. The second-order valence-corrected chi connectivity index (χ2v) is 6.14. The molecule has 0 aliphatic carbocycles. The van der Waals surface area contributed by atoms with Crippen LogP contribution >= 0.6 is 0 Å². The molecule has 0 radical (unpaired) electrons. The van der Waals surface area contributed by atoms with Crippen LogP contribution in [0.5, 0.6) is 11.5 Å². The van der Waals surface area contributed by atoms with Gasteiger partial charge in [-0.15, -0.1) is 0 Å². The van der Waals surface area contributed by atoms with Gasteiger partial charge in [0.05, 0.1) is 7.11 Å². The molecule has 0 N–H and O–H groups in total. The molecular weight excluding hydrogens is 332 g/mol. The number of hydrogen-bond donors (Lipinski definition) is 0. The highest BCUT2D eigenvalue weighted by molar-refractivity contribution is 5.95. The van der Waals surface area contributed by atoms with Crippen molar-refractivity contribution in [1.29, 1.82) is 0 Å². The lowest BCUT2D eigenvalue weighted by molar-refractivity contribution is -0.122. The lowest BCUT2D eigenvalue weighted by atomic mass is 10.00. The summed E-state index contributed by atoms with van der Waals surface area (Å²) in [6.45, 7) is 4.98. The first-order valence-corrected chi connectivity index (χ1v) is 8.29. The number of hydrogen-bond acceptors (Lipinski definition) is 5. The summed E-state index contributed by atoms with van der Waals surface area (Å²) in [6.07, 6.45) is -0.567. The van der Waals surface area contributed by atoms with Crippen molar-refractivity contribution >= 4 is 16.8 Å². The maximum atomic E-state index is 12.1. The molecule has 1 atom stereocenters. The highest BCUT2D eigenvalue weighted by Crippen LogP contribution is 2.34. The van der Waals surface area contributed by atoms with E-state index in [1.165, 1.54) is 13.0 Å². The highest BCUT2D eigenvalue weighted by atomic mass is 16.5. The van der Waals surface area contributed by atoms with Crippen LogP contribution < -0.4 is 15.1 Å². The average Bonchev–Trinajstić information content (AvgIpc) is 2.63. The lowest BCUT2D eigenvalue weighted by Gasteiger charge is -2.15. The first-order chi connectivity index (χ1) is 12.4. The molecule has 0 saturated carbocycles. The van der Waals surface area contributed by atoms with E-state index in [1.807, 2.05) is 37.3 Å².